The monoisotopic (exact) mass is 509 g/mol. The summed E-state index contributed by atoms with van der Waals surface area (Å²) < 4.78 is 6.37. The molecule has 2 amide bonds. The predicted molar refractivity (Wildman–Crippen MR) is 141 cm³/mol. The molecule has 1 atom stereocenters. The first kappa shape index (κ1) is 25.2. The van der Waals surface area contributed by atoms with Crippen LogP contribution in [0.5, 0.6) is 0 Å². The summed E-state index contributed by atoms with van der Waals surface area (Å²) in [6.07, 6.45) is 5.22. The topological polar surface area (TPSA) is 53.1 Å². The summed E-state index contributed by atoms with van der Waals surface area (Å²) in [4.78, 5) is 32.1. The van der Waals surface area contributed by atoms with Gasteiger partial charge in [0.25, 0.3) is 0 Å². The molecule has 7 heteroatoms. The van der Waals surface area contributed by atoms with E-state index >= 15 is 0 Å². The Balaban J connectivity index is 1.16. The molecule has 1 spiro atoms. The third kappa shape index (κ3) is 5.17. The Bertz CT molecular complexity index is 1080. The zero-order valence-corrected chi connectivity index (χ0v) is 21.9. The SMILES string of the molecule is CN(CCCN1CCC2(CC1)OCCc1ccccc12)C(=O)C(c1ccc(Cl)cc1)N1CCCC1=O. The highest BCUT2D eigenvalue weighted by molar-refractivity contribution is 6.30. The molecule has 0 saturated carbocycles. The molecule has 0 aromatic heterocycles. The summed E-state index contributed by atoms with van der Waals surface area (Å²) in [6.45, 7) is 5.03. The van der Waals surface area contributed by atoms with Gasteiger partial charge in [0.1, 0.15) is 6.04 Å². The smallest absolute Gasteiger partial charge is 0.249 e. The molecule has 5 rings (SSSR count). The highest BCUT2D eigenvalue weighted by atomic mass is 35.5. The van der Waals surface area contributed by atoms with Gasteiger partial charge in [-0.05, 0) is 67.5 Å². The molecule has 2 saturated heterocycles. The molecule has 0 radical (unpaired) electrons. The molecule has 2 aromatic carbocycles. The van der Waals surface area contributed by atoms with E-state index in [1.807, 2.05) is 19.2 Å². The largest absolute Gasteiger partial charge is 0.370 e. The quantitative estimate of drug-likeness (QED) is 0.554. The van der Waals surface area contributed by atoms with Crippen LogP contribution in [0.25, 0.3) is 0 Å². The highest BCUT2D eigenvalue weighted by Crippen LogP contribution is 2.41. The van der Waals surface area contributed by atoms with Crippen molar-refractivity contribution in [3.8, 4) is 0 Å². The second-order valence-electron chi connectivity index (χ2n) is 10.3. The average molecular weight is 510 g/mol. The molecule has 3 aliphatic rings. The van der Waals surface area contributed by atoms with Gasteiger partial charge in [-0.15, -0.1) is 0 Å². The number of piperidine rings is 1. The van der Waals surface area contributed by atoms with Crippen molar-refractivity contribution in [2.24, 2.45) is 0 Å². The molecule has 2 fully saturated rings. The number of ether oxygens (including phenoxy) is 1. The zero-order chi connectivity index (χ0) is 25.1. The number of rotatable bonds is 7. The number of carbonyl (C=O) groups is 2. The number of halogens is 1. The maximum absolute atomic E-state index is 13.5. The van der Waals surface area contributed by atoms with E-state index in [0.717, 1.165) is 63.9 Å². The number of benzene rings is 2. The van der Waals surface area contributed by atoms with Crippen molar-refractivity contribution in [3.05, 3.63) is 70.2 Å². The van der Waals surface area contributed by atoms with Crippen LogP contribution < -0.4 is 0 Å². The first-order chi connectivity index (χ1) is 17.5. The molecule has 0 bridgehead atoms. The highest BCUT2D eigenvalue weighted by Gasteiger charge is 2.40. The minimum atomic E-state index is -0.583. The number of hydrogen-bond acceptors (Lipinski definition) is 4. The van der Waals surface area contributed by atoms with Crippen molar-refractivity contribution in [1.82, 2.24) is 14.7 Å². The fraction of sp³-hybridized carbons (Fsp3) is 0.517. The van der Waals surface area contributed by atoms with Crippen LogP contribution in [0.15, 0.2) is 48.5 Å². The standard InChI is InChI=1S/C29H36ClN3O3/c1-31(28(35)27(33-18-4-8-26(33)34)23-9-11-24(30)12-10-23)16-5-17-32-19-14-29(15-20-32)25-7-3-2-6-22(25)13-21-36-29/h2-3,6-7,9-12,27H,4-5,8,13-21H2,1H3. The van der Waals surface area contributed by atoms with Crippen LogP contribution in [-0.2, 0) is 26.3 Å². The van der Waals surface area contributed by atoms with E-state index in [1.165, 1.54) is 11.1 Å². The van der Waals surface area contributed by atoms with Gasteiger partial charge in [0.2, 0.25) is 11.8 Å². The number of carbonyl (C=O) groups excluding carboxylic acids is 2. The lowest BCUT2D eigenvalue weighted by atomic mass is 9.79. The van der Waals surface area contributed by atoms with Gasteiger partial charge in [-0.3, -0.25) is 9.59 Å². The van der Waals surface area contributed by atoms with Gasteiger partial charge in [-0.2, -0.15) is 0 Å². The lowest BCUT2D eigenvalue weighted by Crippen LogP contribution is -2.47. The molecule has 2 aromatic rings. The second kappa shape index (κ2) is 10.9. The van der Waals surface area contributed by atoms with Gasteiger partial charge in [0.05, 0.1) is 12.2 Å². The Morgan fingerprint density at radius 3 is 2.56 bits per heavy atom. The van der Waals surface area contributed by atoms with Crippen LogP contribution in [0, 0.1) is 0 Å². The lowest BCUT2D eigenvalue weighted by molar-refractivity contribution is -0.143. The number of fused-ring (bicyclic) bond motifs is 2. The van der Waals surface area contributed by atoms with E-state index in [4.69, 9.17) is 16.3 Å². The van der Waals surface area contributed by atoms with Crippen LogP contribution in [0.2, 0.25) is 5.02 Å². The van der Waals surface area contributed by atoms with Crippen LogP contribution in [0.4, 0.5) is 0 Å². The summed E-state index contributed by atoms with van der Waals surface area (Å²) in [5, 5.41) is 0.622. The fourth-order valence-corrected chi connectivity index (χ4v) is 6.19. The van der Waals surface area contributed by atoms with Gasteiger partial charge in [-0.25, -0.2) is 0 Å². The Morgan fingerprint density at radius 2 is 1.83 bits per heavy atom. The Labute approximate surface area is 219 Å². The average Bonchev–Trinajstić information content (AvgIpc) is 3.32. The Morgan fingerprint density at radius 1 is 1.08 bits per heavy atom. The van der Waals surface area contributed by atoms with Gasteiger partial charge >= 0.3 is 0 Å². The lowest BCUT2D eigenvalue weighted by Gasteiger charge is -2.45. The summed E-state index contributed by atoms with van der Waals surface area (Å²) in [7, 11) is 1.85. The van der Waals surface area contributed by atoms with Crippen LogP contribution in [0.3, 0.4) is 0 Å². The molecule has 0 N–H and O–H groups in total. The molecule has 1 unspecified atom stereocenters. The minimum absolute atomic E-state index is 0.0302. The van der Waals surface area contributed by atoms with Crippen LogP contribution in [0.1, 0.15) is 54.8 Å². The summed E-state index contributed by atoms with van der Waals surface area (Å²) >= 11 is 6.07. The van der Waals surface area contributed by atoms with E-state index < -0.39 is 6.04 Å². The molecule has 6 nitrogen and oxygen atoms in total. The fourth-order valence-electron chi connectivity index (χ4n) is 6.06. The molecular weight excluding hydrogens is 474 g/mol. The van der Waals surface area contributed by atoms with E-state index in [0.29, 0.717) is 24.5 Å². The van der Waals surface area contributed by atoms with E-state index in [-0.39, 0.29) is 17.4 Å². The molecule has 192 valence electrons. The van der Waals surface area contributed by atoms with Gasteiger partial charge in [0.15, 0.2) is 0 Å². The van der Waals surface area contributed by atoms with E-state index in [1.54, 1.807) is 21.9 Å². The number of nitrogens with zero attached hydrogens (tertiary/aromatic N) is 3. The predicted octanol–water partition coefficient (Wildman–Crippen LogP) is 4.42. The van der Waals surface area contributed by atoms with Gasteiger partial charge in [0, 0.05) is 44.7 Å². The van der Waals surface area contributed by atoms with E-state index in [2.05, 4.69) is 29.2 Å². The Hall–Kier alpha value is -2.41. The van der Waals surface area contributed by atoms with Crippen LogP contribution >= 0.6 is 11.6 Å². The van der Waals surface area contributed by atoms with Crippen molar-refractivity contribution in [1.29, 1.82) is 0 Å². The minimum Gasteiger partial charge on any atom is -0.370 e. The summed E-state index contributed by atoms with van der Waals surface area (Å²) in [5.74, 6) is 0.0165. The van der Waals surface area contributed by atoms with Crippen molar-refractivity contribution in [3.63, 3.8) is 0 Å². The van der Waals surface area contributed by atoms with Crippen LogP contribution in [-0.4, -0.2) is 72.9 Å². The molecule has 0 aliphatic carbocycles. The number of amides is 2. The zero-order valence-electron chi connectivity index (χ0n) is 21.1. The number of likely N-dealkylation sites (tertiary alicyclic amines) is 2. The van der Waals surface area contributed by atoms with Gasteiger partial charge in [-0.1, -0.05) is 48.0 Å². The number of likely N-dealkylation sites (N-methyl/N-ethyl adjacent to an activating group) is 1. The summed E-state index contributed by atoms with van der Waals surface area (Å²) in [6, 6.07) is 15.5. The molecular formula is C29H36ClN3O3. The third-order valence-corrected chi connectivity index (χ3v) is 8.36. The van der Waals surface area contributed by atoms with E-state index in [9.17, 15) is 9.59 Å². The maximum Gasteiger partial charge on any atom is 0.249 e. The van der Waals surface area contributed by atoms with Gasteiger partial charge < -0.3 is 19.4 Å². The second-order valence-corrected chi connectivity index (χ2v) is 10.8. The summed E-state index contributed by atoms with van der Waals surface area (Å²) in [5.41, 5.74) is 3.50. The molecule has 3 aliphatic heterocycles. The normalized spacial score (nSPS) is 20.4. The maximum atomic E-state index is 13.5. The molecule has 36 heavy (non-hydrogen) atoms. The van der Waals surface area contributed by atoms with Crippen molar-refractivity contribution >= 4 is 23.4 Å². The molecule has 3 heterocycles. The van der Waals surface area contributed by atoms with Crippen molar-refractivity contribution in [2.45, 2.75) is 50.2 Å². The van der Waals surface area contributed by atoms with Crippen molar-refractivity contribution < 1.29 is 14.3 Å². The third-order valence-electron chi connectivity index (χ3n) is 8.11. The first-order valence-electron chi connectivity index (χ1n) is 13.2. The number of hydrogen-bond donors (Lipinski definition) is 0. The van der Waals surface area contributed by atoms with Crippen molar-refractivity contribution in [2.75, 3.05) is 46.4 Å². The first-order valence-corrected chi connectivity index (χ1v) is 13.6. The Kier molecular flexibility index (Phi) is 7.65.